The molecule has 4 heteroatoms. The van der Waals surface area contributed by atoms with Crippen molar-refractivity contribution in [2.45, 2.75) is 32.1 Å². The number of likely N-dealkylation sites (tertiary alicyclic amines) is 1. The number of alkyl halides is 1. The number of carbonyl (C=O) groups excluding carboxylic acids is 1. The Morgan fingerprint density at radius 1 is 1.38 bits per heavy atom. The topological polar surface area (TPSA) is 20.3 Å². The maximum Gasteiger partial charge on any atom is 0.237 e. The van der Waals surface area contributed by atoms with Crippen LogP contribution >= 0.6 is 24.2 Å². The van der Waals surface area contributed by atoms with Gasteiger partial charge in [0.25, 0.3) is 0 Å². The lowest BCUT2D eigenvalue weighted by Gasteiger charge is -2.36. The molecular weight excluding hydrogens is 242 g/mol. The number of hydrogen-bond acceptors (Lipinski definition) is 2. The van der Waals surface area contributed by atoms with Gasteiger partial charge in [0.1, 0.15) is 5.88 Å². The molecule has 2 nitrogen and oxygen atoms in total. The van der Waals surface area contributed by atoms with Crippen LogP contribution in [0.15, 0.2) is 0 Å². The first kappa shape index (κ1) is 12.6. The first-order valence-electron chi connectivity index (χ1n) is 6.14. The Hall–Kier alpha value is 0.110. The molecule has 0 radical (unpaired) electrons. The SMILES string of the molecule is O=C(CCl)N1CCC2(CCC(CS)CC2)C1. The number of amides is 1. The second kappa shape index (κ2) is 5.18. The quantitative estimate of drug-likeness (QED) is 0.598. The summed E-state index contributed by atoms with van der Waals surface area (Å²) in [5, 5.41) is 0. The summed E-state index contributed by atoms with van der Waals surface area (Å²) in [6.07, 6.45) is 6.28. The largest absolute Gasteiger partial charge is 0.341 e. The second-order valence-electron chi connectivity index (χ2n) is 5.32. The molecule has 1 heterocycles. The first-order valence-corrected chi connectivity index (χ1v) is 7.30. The van der Waals surface area contributed by atoms with Crippen LogP contribution in [0.1, 0.15) is 32.1 Å². The van der Waals surface area contributed by atoms with Gasteiger partial charge in [0, 0.05) is 13.1 Å². The van der Waals surface area contributed by atoms with Crippen LogP contribution in [0.2, 0.25) is 0 Å². The van der Waals surface area contributed by atoms with Crippen LogP contribution in [0.5, 0.6) is 0 Å². The summed E-state index contributed by atoms with van der Waals surface area (Å²) in [7, 11) is 0. The monoisotopic (exact) mass is 261 g/mol. The summed E-state index contributed by atoms with van der Waals surface area (Å²) < 4.78 is 0. The standard InChI is InChI=1S/C12H20ClNOS/c13-7-11(15)14-6-5-12(9-14)3-1-10(8-16)2-4-12/h10,16H,1-9H2. The molecule has 1 amide bonds. The zero-order valence-electron chi connectivity index (χ0n) is 9.62. The highest BCUT2D eigenvalue weighted by Gasteiger charge is 2.41. The Bertz CT molecular complexity index is 264. The minimum Gasteiger partial charge on any atom is -0.341 e. The van der Waals surface area contributed by atoms with Crippen LogP contribution < -0.4 is 0 Å². The van der Waals surface area contributed by atoms with Crippen molar-refractivity contribution in [2.24, 2.45) is 11.3 Å². The Balaban J connectivity index is 1.90. The van der Waals surface area contributed by atoms with Crippen molar-refractivity contribution in [3.8, 4) is 0 Å². The summed E-state index contributed by atoms with van der Waals surface area (Å²) in [5.41, 5.74) is 0.418. The lowest BCUT2D eigenvalue weighted by atomic mass is 9.70. The van der Waals surface area contributed by atoms with Gasteiger partial charge in [-0.15, -0.1) is 11.6 Å². The molecule has 1 saturated heterocycles. The van der Waals surface area contributed by atoms with Gasteiger partial charge < -0.3 is 4.90 Å². The minimum absolute atomic E-state index is 0.106. The van der Waals surface area contributed by atoms with Gasteiger partial charge >= 0.3 is 0 Å². The van der Waals surface area contributed by atoms with E-state index in [-0.39, 0.29) is 11.8 Å². The number of rotatable bonds is 2. The number of carbonyl (C=O) groups is 1. The van der Waals surface area contributed by atoms with Crippen LogP contribution in [-0.2, 0) is 4.79 Å². The van der Waals surface area contributed by atoms with E-state index in [2.05, 4.69) is 12.6 Å². The molecule has 92 valence electrons. The summed E-state index contributed by atoms with van der Waals surface area (Å²) in [4.78, 5) is 13.5. The normalized spacial score (nSPS) is 34.6. The van der Waals surface area contributed by atoms with Crippen LogP contribution in [0, 0.1) is 11.3 Å². The van der Waals surface area contributed by atoms with Crippen molar-refractivity contribution < 1.29 is 4.79 Å². The summed E-state index contributed by atoms with van der Waals surface area (Å²) in [6, 6.07) is 0. The Kier molecular flexibility index (Phi) is 4.06. The molecule has 1 spiro atoms. The average molecular weight is 262 g/mol. The van der Waals surface area contributed by atoms with Crippen LogP contribution in [0.4, 0.5) is 0 Å². The van der Waals surface area contributed by atoms with Gasteiger partial charge in [-0.05, 0) is 49.2 Å². The highest BCUT2D eigenvalue weighted by Crippen LogP contribution is 2.45. The third-order valence-electron chi connectivity index (χ3n) is 4.33. The molecule has 0 aromatic heterocycles. The van der Waals surface area contributed by atoms with Crippen molar-refractivity contribution in [1.82, 2.24) is 4.90 Å². The Morgan fingerprint density at radius 3 is 2.62 bits per heavy atom. The van der Waals surface area contributed by atoms with Crippen molar-refractivity contribution in [3.05, 3.63) is 0 Å². The summed E-state index contributed by atoms with van der Waals surface area (Å²) in [5.74, 6) is 2.05. The maximum absolute atomic E-state index is 11.5. The van der Waals surface area contributed by atoms with E-state index in [4.69, 9.17) is 11.6 Å². The number of halogens is 1. The Morgan fingerprint density at radius 2 is 2.06 bits per heavy atom. The lowest BCUT2D eigenvalue weighted by molar-refractivity contribution is -0.128. The third kappa shape index (κ3) is 2.51. The second-order valence-corrected chi connectivity index (χ2v) is 5.96. The Labute approximate surface area is 108 Å². The molecule has 0 aromatic carbocycles. The molecule has 0 bridgehead atoms. The predicted molar refractivity (Wildman–Crippen MR) is 70.2 cm³/mol. The molecule has 1 aliphatic carbocycles. The number of hydrogen-bond donors (Lipinski definition) is 1. The van der Waals surface area contributed by atoms with Gasteiger partial charge in [0.05, 0.1) is 0 Å². The highest BCUT2D eigenvalue weighted by atomic mass is 35.5. The van der Waals surface area contributed by atoms with Crippen molar-refractivity contribution in [3.63, 3.8) is 0 Å². The zero-order valence-corrected chi connectivity index (χ0v) is 11.3. The zero-order chi connectivity index (χ0) is 11.6. The fraction of sp³-hybridized carbons (Fsp3) is 0.917. The predicted octanol–water partition coefficient (Wildman–Crippen LogP) is 2.56. The van der Waals surface area contributed by atoms with Crippen molar-refractivity contribution in [2.75, 3.05) is 24.7 Å². The van der Waals surface area contributed by atoms with Gasteiger partial charge in [0.15, 0.2) is 0 Å². The van der Waals surface area contributed by atoms with E-state index in [0.717, 1.165) is 24.8 Å². The minimum atomic E-state index is 0.106. The molecule has 16 heavy (non-hydrogen) atoms. The first-order chi connectivity index (χ1) is 7.69. The fourth-order valence-electron chi connectivity index (χ4n) is 3.11. The molecule has 0 atom stereocenters. The molecule has 2 rings (SSSR count). The van der Waals surface area contributed by atoms with Crippen LogP contribution in [0.3, 0.4) is 0 Å². The summed E-state index contributed by atoms with van der Waals surface area (Å²) >= 11 is 9.98. The molecule has 2 fully saturated rings. The smallest absolute Gasteiger partial charge is 0.237 e. The van der Waals surface area contributed by atoms with Crippen LogP contribution in [0.25, 0.3) is 0 Å². The number of nitrogens with zero attached hydrogens (tertiary/aromatic N) is 1. The summed E-state index contributed by atoms with van der Waals surface area (Å²) in [6.45, 7) is 1.86. The van der Waals surface area contributed by atoms with E-state index in [1.165, 1.54) is 32.1 Å². The average Bonchev–Trinajstić information content (AvgIpc) is 2.73. The molecule has 0 unspecified atom stereocenters. The van der Waals surface area contributed by atoms with E-state index < -0.39 is 0 Å². The third-order valence-corrected chi connectivity index (χ3v) is 5.07. The maximum atomic E-state index is 11.5. The van der Waals surface area contributed by atoms with Crippen LogP contribution in [-0.4, -0.2) is 35.5 Å². The van der Waals surface area contributed by atoms with Crippen molar-refractivity contribution >= 4 is 30.1 Å². The van der Waals surface area contributed by atoms with E-state index in [1.54, 1.807) is 0 Å². The molecule has 1 saturated carbocycles. The number of thiol groups is 1. The molecule has 2 aliphatic rings. The van der Waals surface area contributed by atoms with E-state index in [0.29, 0.717) is 5.41 Å². The molecule has 1 aliphatic heterocycles. The van der Waals surface area contributed by atoms with E-state index >= 15 is 0 Å². The van der Waals surface area contributed by atoms with Gasteiger partial charge in [-0.25, -0.2) is 0 Å². The molecule has 0 aromatic rings. The molecular formula is C12H20ClNOS. The van der Waals surface area contributed by atoms with E-state index in [9.17, 15) is 4.79 Å². The van der Waals surface area contributed by atoms with Gasteiger partial charge in [0.2, 0.25) is 5.91 Å². The van der Waals surface area contributed by atoms with Gasteiger partial charge in [-0.1, -0.05) is 0 Å². The lowest BCUT2D eigenvalue weighted by Crippen LogP contribution is -2.35. The van der Waals surface area contributed by atoms with E-state index in [1.807, 2.05) is 4.90 Å². The van der Waals surface area contributed by atoms with Gasteiger partial charge in [-0.3, -0.25) is 4.79 Å². The fourth-order valence-corrected chi connectivity index (χ4v) is 3.65. The molecule has 0 N–H and O–H groups in total. The van der Waals surface area contributed by atoms with Gasteiger partial charge in [-0.2, -0.15) is 12.6 Å². The highest BCUT2D eigenvalue weighted by molar-refractivity contribution is 7.80. The van der Waals surface area contributed by atoms with Crippen molar-refractivity contribution in [1.29, 1.82) is 0 Å².